The minimum Gasteiger partial charge on any atom is -0.218 e. The lowest BCUT2D eigenvalue weighted by Gasteiger charge is -2.03. The first-order chi connectivity index (χ1) is 7.16. The standard InChI is InChI=1S/C10H11FN4/c1-7(2)8-3-4-10(13-12-8)15-6-5-9(11)14-15/h3-7H,1-2H3. The van der Waals surface area contributed by atoms with Crippen LogP contribution in [0.25, 0.3) is 5.82 Å². The average molecular weight is 206 g/mol. The first-order valence-corrected chi connectivity index (χ1v) is 4.72. The largest absolute Gasteiger partial charge is 0.233 e. The molecule has 0 bridgehead atoms. The van der Waals surface area contributed by atoms with Gasteiger partial charge in [0.25, 0.3) is 0 Å². The summed E-state index contributed by atoms with van der Waals surface area (Å²) in [6.07, 6.45) is 1.51. The zero-order chi connectivity index (χ0) is 10.8. The Bertz CT molecular complexity index is 447. The van der Waals surface area contributed by atoms with Crippen LogP contribution in [0.4, 0.5) is 4.39 Å². The van der Waals surface area contributed by atoms with Crippen LogP contribution in [-0.2, 0) is 0 Å². The molecule has 0 unspecified atom stereocenters. The van der Waals surface area contributed by atoms with Crippen molar-refractivity contribution in [3.63, 3.8) is 0 Å². The van der Waals surface area contributed by atoms with E-state index in [1.165, 1.54) is 16.9 Å². The minimum atomic E-state index is -0.523. The van der Waals surface area contributed by atoms with Crippen molar-refractivity contribution < 1.29 is 4.39 Å². The van der Waals surface area contributed by atoms with Crippen molar-refractivity contribution in [3.8, 4) is 5.82 Å². The molecule has 0 saturated carbocycles. The van der Waals surface area contributed by atoms with Gasteiger partial charge in [0.15, 0.2) is 5.82 Å². The maximum atomic E-state index is 12.6. The molecule has 0 aliphatic carbocycles. The quantitative estimate of drug-likeness (QED) is 0.754. The molecule has 2 heterocycles. The van der Waals surface area contributed by atoms with Crippen LogP contribution in [0, 0.1) is 5.95 Å². The normalized spacial score (nSPS) is 10.9. The molecular weight excluding hydrogens is 195 g/mol. The first kappa shape index (κ1) is 9.76. The SMILES string of the molecule is CC(C)c1ccc(-n2ccc(F)n2)nn1. The number of rotatable bonds is 2. The predicted molar refractivity (Wildman–Crippen MR) is 53.2 cm³/mol. The summed E-state index contributed by atoms with van der Waals surface area (Å²) < 4.78 is 14.0. The molecular formula is C10H11FN4. The van der Waals surface area contributed by atoms with Gasteiger partial charge < -0.3 is 0 Å². The van der Waals surface area contributed by atoms with Gasteiger partial charge in [0.2, 0.25) is 5.95 Å². The lowest BCUT2D eigenvalue weighted by atomic mass is 10.1. The van der Waals surface area contributed by atoms with Crippen molar-refractivity contribution in [2.75, 3.05) is 0 Å². The van der Waals surface area contributed by atoms with E-state index < -0.39 is 5.95 Å². The number of hydrogen-bond donors (Lipinski definition) is 0. The van der Waals surface area contributed by atoms with E-state index in [4.69, 9.17) is 0 Å². The number of nitrogens with zero attached hydrogens (tertiary/aromatic N) is 4. The van der Waals surface area contributed by atoms with Crippen LogP contribution in [0.3, 0.4) is 0 Å². The van der Waals surface area contributed by atoms with E-state index in [-0.39, 0.29) is 0 Å². The van der Waals surface area contributed by atoms with Crippen molar-refractivity contribution in [1.29, 1.82) is 0 Å². The van der Waals surface area contributed by atoms with Crippen LogP contribution in [-0.4, -0.2) is 20.0 Å². The Kier molecular flexibility index (Phi) is 2.45. The Labute approximate surface area is 86.8 Å². The highest BCUT2D eigenvalue weighted by Gasteiger charge is 2.04. The summed E-state index contributed by atoms with van der Waals surface area (Å²) in [5.41, 5.74) is 0.909. The van der Waals surface area contributed by atoms with E-state index in [1.807, 2.05) is 19.9 Å². The maximum absolute atomic E-state index is 12.6. The molecule has 0 aromatic carbocycles. The van der Waals surface area contributed by atoms with Gasteiger partial charge in [-0.2, -0.15) is 9.49 Å². The zero-order valence-electron chi connectivity index (χ0n) is 8.55. The second-order valence-electron chi connectivity index (χ2n) is 3.55. The van der Waals surface area contributed by atoms with Gasteiger partial charge in [-0.1, -0.05) is 13.8 Å². The Balaban J connectivity index is 2.31. The van der Waals surface area contributed by atoms with Gasteiger partial charge in [0.1, 0.15) is 0 Å². The van der Waals surface area contributed by atoms with Crippen LogP contribution < -0.4 is 0 Å². The monoisotopic (exact) mass is 206 g/mol. The number of halogens is 1. The van der Waals surface area contributed by atoms with Crippen molar-refractivity contribution in [1.82, 2.24) is 20.0 Å². The highest BCUT2D eigenvalue weighted by molar-refractivity contribution is 5.21. The van der Waals surface area contributed by atoms with E-state index in [2.05, 4.69) is 15.3 Å². The van der Waals surface area contributed by atoms with Gasteiger partial charge >= 0.3 is 0 Å². The molecule has 0 spiro atoms. The summed E-state index contributed by atoms with van der Waals surface area (Å²) in [4.78, 5) is 0. The molecule has 2 aromatic heterocycles. The third kappa shape index (κ3) is 2.01. The van der Waals surface area contributed by atoms with Gasteiger partial charge in [-0.15, -0.1) is 10.2 Å². The summed E-state index contributed by atoms with van der Waals surface area (Å²) in [6.45, 7) is 4.08. The summed E-state index contributed by atoms with van der Waals surface area (Å²) >= 11 is 0. The summed E-state index contributed by atoms with van der Waals surface area (Å²) in [5, 5.41) is 11.6. The van der Waals surface area contributed by atoms with Gasteiger partial charge in [0, 0.05) is 12.3 Å². The van der Waals surface area contributed by atoms with Crippen molar-refractivity contribution in [2.45, 2.75) is 19.8 Å². The minimum absolute atomic E-state index is 0.334. The Morgan fingerprint density at radius 1 is 1.20 bits per heavy atom. The van der Waals surface area contributed by atoms with Gasteiger partial charge in [0.05, 0.1) is 5.69 Å². The molecule has 0 amide bonds. The van der Waals surface area contributed by atoms with Crippen molar-refractivity contribution in [2.24, 2.45) is 0 Å². The van der Waals surface area contributed by atoms with Crippen molar-refractivity contribution in [3.05, 3.63) is 36.0 Å². The molecule has 4 nitrogen and oxygen atoms in total. The first-order valence-electron chi connectivity index (χ1n) is 4.72. The highest BCUT2D eigenvalue weighted by Crippen LogP contribution is 2.11. The Morgan fingerprint density at radius 3 is 2.47 bits per heavy atom. The van der Waals surface area contributed by atoms with Gasteiger partial charge in [-0.25, -0.2) is 4.68 Å². The van der Waals surface area contributed by atoms with E-state index in [0.717, 1.165) is 5.69 Å². The fourth-order valence-electron chi connectivity index (χ4n) is 1.19. The summed E-state index contributed by atoms with van der Waals surface area (Å²) in [6, 6.07) is 4.92. The second-order valence-corrected chi connectivity index (χ2v) is 3.55. The Morgan fingerprint density at radius 2 is 2.00 bits per heavy atom. The fourth-order valence-corrected chi connectivity index (χ4v) is 1.19. The highest BCUT2D eigenvalue weighted by atomic mass is 19.1. The molecule has 5 heteroatoms. The molecule has 2 rings (SSSR count). The van der Waals surface area contributed by atoms with E-state index in [1.54, 1.807) is 6.07 Å². The fraction of sp³-hybridized carbons (Fsp3) is 0.300. The van der Waals surface area contributed by atoms with Crippen molar-refractivity contribution >= 4 is 0 Å². The Hall–Kier alpha value is -1.78. The molecule has 0 atom stereocenters. The zero-order valence-corrected chi connectivity index (χ0v) is 8.55. The summed E-state index contributed by atoms with van der Waals surface area (Å²) in [7, 11) is 0. The topological polar surface area (TPSA) is 43.6 Å². The molecule has 78 valence electrons. The molecule has 0 N–H and O–H groups in total. The second kappa shape index (κ2) is 3.76. The van der Waals surface area contributed by atoms with Gasteiger partial charge in [-0.05, 0) is 18.1 Å². The van der Waals surface area contributed by atoms with E-state index in [9.17, 15) is 4.39 Å². The van der Waals surface area contributed by atoms with Crippen LogP contribution in [0.2, 0.25) is 0 Å². The molecule has 2 aromatic rings. The van der Waals surface area contributed by atoms with Crippen LogP contribution in [0.15, 0.2) is 24.4 Å². The molecule has 0 fully saturated rings. The lowest BCUT2D eigenvalue weighted by Crippen LogP contribution is -2.02. The van der Waals surface area contributed by atoms with Crippen LogP contribution >= 0.6 is 0 Å². The van der Waals surface area contributed by atoms with E-state index >= 15 is 0 Å². The molecule has 0 saturated heterocycles. The van der Waals surface area contributed by atoms with Gasteiger partial charge in [-0.3, -0.25) is 0 Å². The maximum Gasteiger partial charge on any atom is 0.233 e. The van der Waals surface area contributed by atoms with E-state index in [0.29, 0.717) is 11.7 Å². The average Bonchev–Trinajstić information content (AvgIpc) is 2.65. The third-order valence-corrected chi connectivity index (χ3v) is 2.05. The van der Waals surface area contributed by atoms with Crippen LogP contribution in [0.1, 0.15) is 25.5 Å². The molecule has 0 aliphatic rings. The van der Waals surface area contributed by atoms with Crippen LogP contribution in [0.5, 0.6) is 0 Å². The molecule has 15 heavy (non-hydrogen) atoms. The summed E-state index contributed by atoms with van der Waals surface area (Å²) in [5.74, 6) is 0.328. The third-order valence-electron chi connectivity index (χ3n) is 2.05. The number of aromatic nitrogens is 4. The predicted octanol–water partition coefficient (Wildman–Crippen LogP) is 1.92. The molecule has 0 aliphatic heterocycles. The smallest absolute Gasteiger partial charge is 0.218 e. The lowest BCUT2D eigenvalue weighted by molar-refractivity contribution is 0.563. The number of hydrogen-bond acceptors (Lipinski definition) is 3. The molecule has 0 radical (unpaired) electrons.